The van der Waals surface area contributed by atoms with Crippen LogP contribution in [0.2, 0.25) is 5.02 Å². The second kappa shape index (κ2) is 9.48. The fourth-order valence-electron chi connectivity index (χ4n) is 3.76. The van der Waals surface area contributed by atoms with Gasteiger partial charge in [0.25, 0.3) is 10.0 Å². The van der Waals surface area contributed by atoms with Gasteiger partial charge >= 0.3 is 0 Å². The first-order valence-corrected chi connectivity index (χ1v) is 12.4. The second-order valence-electron chi connectivity index (χ2n) is 7.66. The Hall–Kier alpha value is -4.15. The number of anilines is 1. The molecule has 5 aromatic rings. The largest absolute Gasteiger partial charge is 0.496 e. The number of methoxy groups -OCH3 is 1. The minimum atomic E-state index is -3.93. The van der Waals surface area contributed by atoms with E-state index in [0.717, 1.165) is 0 Å². The van der Waals surface area contributed by atoms with Crippen LogP contribution in [0.25, 0.3) is 33.3 Å². The molecule has 2 heterocycles. The van der Waals surface area contributed by atoms with Gasteiger partial charge in [-0.1, -0.05) is 23.7 Å². The van der Waals surface area contributed by atoms with Crippen molar-refractivity contribution in [3.05, 3.63) is 90.1 Å². The fourth-order valence-corrected chi connectivity index (χ4v) is 5.04. The lowest BCUT2D eigenvalue weighted by molar-refractivity contribution is 0.416. The monoisotopic (exact) mass is 521 g/mol. The number of halogens is 2. The number of ether oxygens (including phenoxy) is 1. The summed E-state index contributed by atoms with van der Waals surface area (Å²) < 4.78 is 47.5. The maximum absolute atomic E-state index is 13.8. The highest BCUT2D eigenvalue weighted by atomic mass is 35.5. The van der Waals surface area contributed by atoms with Gasteiger partial charge in [0.1, 0.15) is 17.9 Å². The molecule has 5 rings (SSSR count). The molecule has 0 amide bonds. The zero-order valence-corrected chi connectivity index (χ0v) is 20.3. The Morgan fingerprint density at radius 1 is 0.972 bits per heavy atom. The minimum absolute atomic E-state index is 0.00301. The fraction of sp³-hybridized carbons (Fsp3) is 0.0400. The molecule has 0 radical (unpaired) electrons. The van der Waals surface area contributed by atoms with Gasteiger partial charge in [0, 0.05) is 27.7 Å². The summed E-state index contributed by atoms with van der Waals surface area (Å²) in [6.45, 7) is 0. The van der Waals surface area contributed by atoms with E-state index >= 15 is 0 Å². The zero-order chi connectivity index (χ0) is 25.3. The van der Waals surface area contributed by atoms with Crippen LogP contribution in [0, 0.1) is 5.82 Å². The average molecular weight is 522 g/mol. The van der Waals surface area contributed by atoms with Crippen molar-refractivity contribution in [1.82, 2.24) is 20.2 Å². The summed E-state index contributed by atoms with van der Waals surface area (Å²) in [5, 5.41) is 8.38. The van der Waals surface area contributed by atoms with E-state index < -0.39 is 10.0 Å². The van der Waals surface area contributed by atoms with Crippen LogP contribution in [0.4, 0.5) is 10.2 Å². The molecule has 3 aromatic carbocycles. The smallest absolute Gasteiger partial charge is 0.263 e. The highest BCUT2D eigenvalue weighted by Gasteiger charge is 2.20. The quantitative estimate of drug-likeness (QED) is 0.320. The van der Waals surface area contributed by atoms with Gasteiger partial charge in [-0.2, -0.15) is 5.10 Å². The summed E-state index contributed by atoms with van der Waals surface area (Å²) >= 11 is 6.59. The molecule has 0 aliphatic rings. The lowest BCUT2D eigenvalue weighted by Crippen LogP contribution is -2.14. The van der Waals surface area contributed by atoms with Gasteiger partial charge in [-0.25, -0.2) is 22.8 Å². The molecule has 0 spiro atoms. The summed E-state index contributed by atoms with van der Waals surface area (Å²) in [6.07, 6.45) is 2.77. The van der Waals surface area contributed by atoms with Gasteiger partial charge in [0.15, 0.2) is 5.82 Å². The number of nitrogens with one attached hydrogen (secondary N) is 1. The van der Waals surface area contributed by atoms with Crippen LogP contribution in [0.3, 0.4) is 0 Å². The number of hydrogen-bond donors (Lipinski definition) is 1. The molecular formula is C25H17ClFN5O3S. The number of aromatic nitrogens is 4. The molecule has 0 unspecified atom stereocenters. The molecule has 36 heavy (non-hydrogen) atoms. The molecule has 0 saturated heterocycles. The van der Waals surface area contributed by atoms with E-state index in [1.54, 1.807) is 36.4 Å². The normalized spacial score (nSPS) is 11.4. The topological polar surface area (TPSA) is 107 Å². The summed E-state index contributed by atoms with van der Waals surface area (Å²) in [7, 11) is -2.42. The van der Waals surface area contributed by atoms with Crippen LogP contribution in [0.1, 0.15) is 0 Å². The molecular weight excluding hydrogens is 505 g/mol. The molecule has 0 aliphatic heterocycles. The number of benzene rings is 3. The SMILES string of the molecule is COc1cc(-c2cccc(F)c2)c(Cl)cc1-c1ncnc2cc(S(=O)(=O)Nc3cccnn3)ccc12. The Morgan fingerprint density at radius 3 is 2.58 bits per heavy atom. The molecule has 0 fully saturated rings. The van der Waals surface area contributed by atoms with Crippen molar-refractivity contribution in [2.45, 2.75) is 4.90 Å². The molecule has 0 atom stereocenters. The van der Waals surface area contributed by atoms with Gasteiger partial charge in [-0.3, -0.25) is 4.72 Å². The average Bonchev–Trinajstić information content (AvgIpc) is 2.88. The summed E-state index contributed by atoms with van der Waals surface area (Å²) in [5.41, 5.74) is 2.66. The van der Waals surface area contributed by atoms with Crippen LogP contribution in [0.15, 0.2) is 84.1 Å². The Labute approximate surface area is 210 Å². The van der Waals surface area contributed by atoms with E-state index in [1.165, 1.54) is 50.0 Å². The summed E-state index contributed by atoms with van der Waals surface area (Å²) in [5.74, 6) is 0.173. The van der Waals surface area contributed by atoms with Crippen LogP contribution in [-0.4, -0.2) is 35.7 Å². The Bertz CT molecular complexity index is 1700. The van der Waals surface area contributed by atoms with E-state index in [2.05, 4.69) is 24.9 Å². The van der Waals surface area contributed by atoms with E-state index in [9.17, 15) is 12.8 Å². The number of sulfonamides is 1. The maximum Gasteiger partial charge on any atom is 0.263 e. The first kappa shape index (κ1) is 23.6. The van der Waals surface area contributed by atoms with Gasteiger partial charge in [0.2, 0.25) is 0 Å². The van der Waals surface area contributed by atoms with Crippen molar-refractivity contribution >= 4 is 38.3 Å². The van der Waals surface area contributed by atoms with Gasteiger partial charge in [-0.05, 0) is 60.2 Å². The van der Waals surface area contributed by atoms with E-state index in [-0.39, 0.29) is 16.5 Å². The Balaban J connectivity index is 1.59. The van der Waals surface area contributed by atoms with Crippen molar-refractivity contribution < 1.29 is 17.5 Å². The first-order chi connectivity index (χ1) is 17.4. The van der Waals surface area contributed by atoms with Gasteiger partial charge in [0.05, 0.1) is 23.2 Å². The molecule has 180 valence electrons. The second-order valence-corrected chi connectivity index (χ2v) is 9.75. The van der Waals surface area contributed by atoms with E-state index in [4.69, 9.17) is 16.3 Å². The number of rotatable bonds is 6. The minimum Gasteiger partial charge on any atom is -0.496 e. The number of nitrogens with zero attached hydrogens (tertiary/aromatic N) is 4. The van der Waals surface area contributed by atoms with Crippen molar-refractivity contribution in [3.8, 4) is 28.1 Å². The lowest BCUT2D eigenvalue weighted by atomic mass is 9.99. The standard InChI is InChI=1S/C25H17ClFN5O3S/c1-35-23-13-19(15-4-2-5-16(27)10-15)21(26)12-20(23)25-18-8-7-17(11-22(18)28-14-29-25)36(33,34)32-24-6-3-9-30-31-24/h2-14H,1H3,(H,31,32). The van der Waals surface area contributed by atoms with Crippen molar-refractivity contribution in [2.24, 2.45) is 0 Å². The molecule has 0 aliphatic carbocycles. The third-order valence-electron chi connectivity index (χ3n) is 5.41. The van der Waals surface area contributed by atoms with Crippen LogP contribution in [-0.2, 0) is 10.0 Å². The highest BCUT2D eigenvalue weighted by molar-refractivity contribution is 7.92. The molecule has 1 N–H and O–H groups in total. The molecule has 11 heteroatoms. The third-order valence-corrected chi connectivity index (χ3v) is 7.07. The van der Waals surface area contributed by atoms with E-state index in [0.29, 0.717) is 44.1 Å². The zero-order valence-electron chi connectivity index (χ0n) is 18.7. The van der Waals surface area contributed by atoms with Gasteiger partial charge < -0.3 is 4.74 Å². The maximum atomic E-state index is 13.8. The van der Waals surface area contributed by atoms with Crippen molar-refractivity contribution in [3.63, 3.8) is 0 Å². The molecule has 2 aromatic heterocycles. The van der Waals surface area contributed by atoms with Crippen LogP contribution in [0.5, 0.6) is 5.75 Å². The van der Waals surface area contributed by atoms with Crippen LogP contribution >= 0.6 is 11.6 Å². The van der Waals surface area contributed by atoms with E-state index in [1.807, 2.05) is 0 Å². The molecule has 8 nitrogen and oxygen atoms in total. The van der Waals surface area contributed by atoms with Crippen molar-refractivity contribution in [1.29, 1.82) is 0 Å². The predicted molar refractivity (Wildman–Crippen MR) is 135 cm³/mol. The van der Waals surface area contributed by atoms with Gasteiger partial charge in [-0.15, -0.1) is 5.10 Å². The Kier molecular flexibility index (Phi) is 6.21. The van der Waals surface area contributed by atoms with Crippen LogP contribution < -0.4 is 9.46 Å². The molecule has 0 saturated carbocycles. The third kappa shape index (κ3) is 4.56. The predicted octanol–water partition coefficient (Wildman–Crippen LogP) is 5.36. The number of hydrogen-bond acceptors (Lipinski definition) is 7. The highest BCUT2D eigenvalue weighted by Crippen LogP contribution is 2.40. The first-order valence-electron chi connectivity index (χ1n) is 10.5. The molecule has 0 bridgehead atoms. The summed E-state index contributed by atoms with van der Waals surface area (Å²) in [6, 6.07) is 17.1. The van der Waals surface area contributed by atoms with Crippen molar-refractivity contribution in [2.75, 3.05) is 11.8 Å². The Morgan fingerprint density at radius 2 is 1.83 bits per heavy atom. The summed E-state index contributed by atoms with van der Waals surface area (Å²) in [4.78, 5) is 8.66. The lowest BCUT2D eigenvalue weighted by Gasteiger charge is -2.14. The number of fused-ring (bicyclic) bond motifs is 1.